The van der Waals surface area contributed by atoms with E-state index in [1.165, 1.54) is 25.3 Å². The van der Waals surface area contributed by atoms with Gasteiger partial charge in [-0.15, -0.1) is 0 Å². The van der Waals surface area contributed by atoms with Gasteiger partial charge in [0.15, 0.2) is 0 Å². The number of phenols is 2. The number of rotatable bonds is 3. The van der Waals surface area contributed by atoms with Crippen LogP contribution in [0.15, 0.2) is 42.5 Å². The van der Waals surface area contributed by atoms with E-state index in [4.69, 9.17) is 17.0 Å². The number of esters is 1. The fraction of sp³-hybridized carbons (Fsp3) is 0.0667. The van der Waals surface area contributed by atoms with Gasteiger partial charge in [0, 0.05) is 6.07 Å². The number of aromatic hydroxyl groups is 2. The SMILES string of the molecule is COC(=O)c1ccccc1NC(=S)c1ccc(O)cc1O. The number of carbonyl (C=O) groups excluding carboxylic acids is 1. The molecule has 0 aliphatic rings. The summed E-state index contributed by atoms with van der Waals surface area (Å²) in [5, 5.41) is 21.9. The second-order valence-corrected chi connectivity index (χ2v) is 4.60. The monoisotopic (exact) mass is 303 g/mol. The molecular weight excluding hydrogens is 290 g/mol. The van der Waals surface area contributed by atoms with Gasteiger partial charge in [-0.3, -0.25) is 0 Å². The first-order chi connectivity index (χ1) is 10.0. The molecule has 2 rings (SSSR count). The molecule has 0 aliphatic carbocycles. The van der Waals surface area contributed by atoms with E-state index in [2.05, 4.69) is 5.32 Å². The summed E-state index contributed by atoms with van der Waals surface area (Å²) in [5.41, 5.74) is 1.16. The van der Waals surface area contributed by atoms with E-state index in [1.54, 1.807) is 24.3 Å². The van der Waals surface area contributed by atoms with Gasteiger partial charge in [0.25, 0.3) is 0 Å². The second-order valence-electron chi connectivity index (χ2n) is 4.19. The van der Waals surface area contributed by atoms with E-state index in [9.17, 15) is 15.0 Å². The predicted molar refractivity (Wildman–Crippen MR) is 82.9 cm³/mol. The smallest absolute Gasteiger partial charge is 0.339 e. The van der Waals surface area contributed by atoms with E-state index in [1.807, 2.05) is 0 Å². The number of methoxy groups -OCH3 is 1. The third-order valence-corrected chi connectivity index (χ3v) is 3.13. The minimum atomic E-state index is -0.490. The molecule has 0 heterocycles. The third kappa shape index (κ3) is 3.29. The highest BCUT2D eigenvalue weighted by Crippen LogP contribution is 2.25. The Morgan fingerprint density at radius 1 is 1.14 bits per heavy atom. The van der Waals surface area contributed by atoms with Crippen LogP contribution in [0, 0.1) is 0 Å². The predicted octanol–water partition coefficient (Wildman–Crippen LogP) is 2.67. The Labute approximate surface area is 126 Å². The van der Waals surface area contributed by atoms with Crippen LogP contribution < -0.4 is 5.32 Å². The Bertz CT molecular complexity index is 700. The van der Waals surface area contributed by atoms with Crippen molar-refractivity contribution in [3.63, 3.8) is 0 Å². The average molecular weight is 303 g/mol. The van der Waals surface area contributed by atoms with Crippen molar-refractivity contribution in [1.82, 2.24) is 0 Å². The van der Waals surface area contributed by atoms with Gasteiger partial charge >= 0.3 is 5.97 Å². The maximum absolute atomic E-state index is 11.7. The van der Waals surface area contributed by atoms with Crippen molar-refractivity contribution < 1.29 is 19.7 Å². The van der Waals surface area contributed by atoms with E-state index in [0.29, 0.717) is 16.8 Å². The highest BCUT2D eigenvalue weighted by atomic mass is 32.1. The van der Waals surface area contributed by atoms with Crippen LogP contribution in [0.1, 0.15) is 15.9 Å². The van der Waals surface area contributed by atoms with Crippen molar-refractivity contribution in [2.45, 2.75) is 0 Å². The minimum absolute atomic E-state index is 0.0611. The molecule has 108 valence electrons. The summed E-state index contributed by atoms with van der Waals surface area (Å²) in [4.78, 5) is 11.9. The number of hydrogen-bond donors (Lipinski definition) is 3. The van der Waals surface area contributed by atoms with Crippen molar-refractivity contribution in [2.24, 2.45) is 0 Å². The zero-order chi connectivity index (χ0) is 15.4. The van der Waals surface area contributed by atoms with Crippen LogP contribution in [-0.4, -0.2) is 28.3 Å². The molecule has 0 atom stereocenters. The van der Waals surface area contributed by atoms with Crippen molar-refractivity contribution in [3.8, 4) is 11.5 Å². The molecule has 2 aromatic carbocycles. The van der Waals surface area contributed by atoms with Crippen LogP contribution in [0.3, 0.4) is 0 Å². The summed E-state index contributed by atoms with van der Waals surface area (Å²) in [6, 6.07) is 10.8. The lowest BCUT2D eigenvalue weighted by Crippen LogP contribution is -2.14. The van der Waals surface area contributed by atoms with Crippen LogP contribution >= 0.6 is 12.2 Å². The van der Waals surface area contributed by atoms with Gasteiger partial charge in [-0.25, -0.2) is 4.79 Å². The van der Waals surface area contributed by atoms with Crippen molar-refractivity contribution in [1.29, 1.82) is 0 Å². The third-order valence-electron chi connectivity index (χ3n) is 2.81. The number of hydrogen-bond acceptors (Lipinski definition) is 5. The Morgan fingerprint density at radius 2 is 1.86 bits per heavy atom. The lowest BCUT2D eigenvalue weighted by molar-refractivity contribution is 0.0602. The highest BCUT2D eigenvalue weighted by molar-refractivity contribution is 7.81. The van der Waals surface area contributed by atoms with Crippen LogP contribution in [0.5, 0.6) is 11.5 Å². The molecule has 0 unspecified atom stereocenters. The topological polar surface area (TPSA) is 78.8 Å². The van der Waals surface area contributed by atoms with Crippen molar-refractivity contribution in [3.05, 3.63) is 53.6 Å². The zero-order valence-electron chi connectivity index (χ0n) is 11.2. The number of benzene rings is 2. The van der Waals surface area contributed by atoms with Crippen LogP contribution in [-0.2, 0) is 4.74 Å². The summed E-state index contributed by atoms with van der Waals surface area (Å²) in [6.07, 6.45) is 0. The molecule has 0 saturated carbocycles. The number of thiocarbonyl (C=S) groups is 1. The summed E-state index contributed by atoms with van der Waals surface area (Å²) < 4.78 is 4.70. The number of anilines is 1. The standard InChI is InChI=1S/C15H13NO4S/c1-20-15(19)10-4-2-3-5-12(10)16-14(21)11-7-6-9(17)8-13(11)18/h2-8,17-18H,1H3,(H,16,21). The highest BCUT2D eigenvalue weighted by Gasteiger charge is 2.14. The molecule has 0 radical (unpaired) electrons. The molecule has 0 bridgehead atoms. The van der Waals surface area contributed by atoms with Gasteiger partial charge in [-0.1, -0.05) is 24.4 Å². The van der Waals surface area contributed by atoms with Gasteiger partial charge in [-0.05, 0) is 24.3 Å². The number of phenolic OH excluding ortho intramolecular Hbond substituents is 2. The maximum atomic E-state index is 11.7. The van der Waals surface area contributed by atoms with Crippen LogP contribution in [0.4, 0.5) is 5.69 Å². The number of carbonyl (C=O) groups is 1. The van der Waals surface area contributed by atoms with E-state index in [-0.39, 0.29) is 16.5 Å². The molecule has 2 aromatic rings. The fourth-order valence-electron chi connectivity index (χ4n) is 1.78. The summed E-state index contributed by atoms with van der Waals surface area (Å²) in [7, 11) is 1.29. The van der Waals surface area contributed by atoms with Gasteiger partial charge in [0.1, 0.15) is 16.5 Å². The zero-order valence-corrected chi connectivity index (χ0v) is 12.0. The van der Waals surface area contributed by atoms with E-state index in [0.717, 1.165) is 0 Å². The van der Waals surface area contributed by atoms with Crippen molar-refractivity contribution >= 4 is 28.9 Å². The van der Waals surface area contributed by atoms with E-state index < -0.39 is 5.97 Å². The molecule has 0 spiro atoms. The second kappa shape index (κ2) is 6.23. The molecule has 0 aromatic heterocycles. The van der Waals surface area contributed by atoms with Crippen LogP contribution in [0.2, 0.25) is 0 Å². The van der Waals surface area contributed by atoms with Crippen LogP contribution in [0.25, 0.3) is 0 Å². The normalized spacial score (nSPS) is 9.95. The Hall–Kier alpha value is -2.60. The Balaban J connectivity index is 2.30. The van der Waals surface area contributed by atoms with Gasteiger partial charge in [-0.2, -0.15) is 0 Å². The molecule has 0 fully saturated rings. The molecule has 0 aliphatic heterocycles. The molecule has 0 saturated heterocycles. The Morgan fingerprint density at radius 3 is 2.52 bits per heavy atom. The molecule has 5 nitrogen and oxygen atoms in total. The van der Waals surface area contributed by atoms with E-state index >= 15 is 0 Å². The van der Waals surface area contributed by atoms with Gasteiger partial charge < -0.3 is 20.3 Å². The maximum Gasteiger partial charge on any atom is 0.339 e. The number of nitrogens with one attached hydrogen (secondary N) is 1. The fourth-order valence-corrected chi connectivity index (χ4v) is 2.06. The summed E-state index contributed by atoms with van der Waals surface area (Å²) in [6.45, 7) is 0. The Kier molecular flexibility index (Phi) is 4.39. The summed E-state index contributed by atoms with van der Waals surface area (Å²) in [5.74, 6) is -0.701. The molecule has 6 heteroatoms. The first-order valence-corrected chi connectivity index (χ1v) is 6.44. The van der Waals surface area contributed by atoms with Crippen molar-refractivity contribution in [2.75, 3.05) is 12.4 Å². The molecule has 21 heavy (non-hydrogen) atoms. The largest absolute Gasteiger partial charge is 0.508 e. The average Bonchev–Trinajstić information content (AvgIpc) is 2.46. The first-order valence-electron chi connectivity index (χ1n) is 6.03. The summed E-state index contributed by atoms with van der Waals surface area (Å²) >= 11 is 5.21. The number of para-hydroxylation sites is 1. The quantitative estimate of drug-likeness (QED) is 0.597. The first kappa shape index (κ1) is 14.8. The minimum Gasteiger partial charge on any atom is -0.508 e. The molecule has 3 N–H and O–H groups in total. The van der Waals surface area contributed by atoms with Gasteiger partial charge in [0.05, 0.1) is 23.9 Å². The number of ether oxygens (including phenoxy) is 1. The molecular formula is C15H13NO4S. The molecule has 0 amide bonds. The lowest BCUT2D eigenvalue weighted by Gasteiger charge is -2.12. The van der Waals surface area contributed by atoms with Gasteiger partial charge in [0.2, 0.25) is 0 Å². The lowest BCUT2D eigenvalue weighted by atomic mass is 10.1.